The largest absolute Gasteiger partial charge is 0.283 e. The SMILES string of the molecule is CC(F)(F)C(Cl)(Cl)C(C)(F)F. The van der Waals surface area contributed by atoms with E-state index in [4.69, 9.17) is 23.2 Å². The Morgan fingerprint density at radius 2 is 1.00 bits per heavy atom. The molecule has 0 aromatic heterocycles. The molecule has 11 heavy (non-hydrogen) atoms. The monoisotopic (exact) mass is 212 g/mol. The highest BCUT2D eigenvalue weighted by Gasteiger charge is 2.61. The number of alkyl halides is 6. The first-order valence-electron chi connectivity index (χ1n) is 2.63. The molecule has 0 aliphatic heterocycles. The predicted molar refractivity (Wildman–Crippen MR) is 35.7 cm³/mol. The minimum Gasteiger partial charge on any atom is -0.203 e. The maximum Gasteiger partial charge on any atom is 0.283 e. The summed E-state index contributed by atoms with van der Waals surface area (Å²) in [5.41, 5.74) is 0. The van der Waals surface area contributed by atoms with Gasteiger partial charge in [0, 0.05) is 13.8 Å². The number of hydrogen-bond acceptors (Lipinski definition) is 0. The molecule has 0 aliphatic carbocycles. The van der Waals surface area contributed by atoms with Gasteiger partial charge < -0.3 is 0 Å². The van der Waals surface area contributed by atoms with E-state index in [1.165, 1.54) is 0 Å². The van der Waals surface area contributed by atoms with E-state index in [-0.39, 0.29) is 13.8 Å². The maximum absolute atomic E-state index is 12.3. The fraction of sp³-hybridized carbons (Fsp3) is 1.00. The molecule has 0 heterocycles. The Balaban J connectivity index is 4.75. The lowest BCUT2D eigenvalue weighted by Gasteiger charge is -2.31. The van der Waals surface area contributed by atoms with Crippen LogP contribution >= 0.6 is 23.2 Å². The third-order valence-electron chi connectivity index (χ3n) is 1.10. The maximum atomic E-state index is 12.3. The van der Waals surface area contributed by atoms with Crippen LogP contribution in [0.1, 0.15) is 13.8 Å². The average Bonchev–Trinajstić information content (AvgIpc) is 1.58. The Hall–Kier alpha value is 0.300. The van der Waals surface area contributed by atoms with Crippen LogP contribution in [0.5, 0.6) is 0 Å². The molecule has 0 atom stereocenters. The molecule has 0 aromatic carbocycles. The molecule has 6 heteroatoms. The van der Waals surface area contributed by atoms with Crippen LogP contribution in [0.4, 0.5) is 17.6 Å². The first kappa shape index (κ1) is 11.3. The highest BCUT2D eigenvalue weighted by molar-refractivity contribution is 6.50. The number of halogens is 6. The van der Waals surface area contributed by atoms with E-state index in [0.29, 0.717) is 0 Å². The first-order valence-corrected chi connectivity index (χ1v) is 3.39. The van der Waals surface area contributed by atoms with Gasteiger partial charge in [-0.3, -0.25) is 0 Å². The van der Waals surface area contributed by atoms with Gasteiger partial charge in [-0.25, -0.2) is 17.6 Å². The second-order valence-electron chi connectivity index (χ2n) is 2.35. The van der Waals surface area contributed by atoms with E-state index >= 15 is 0 Å². The van der Waals surface area contributed by atoms with Crippen molar-refractivity contribution in [2.45, 2.75) is 30.0 Å². The fourth-order valence-electron chi connectivity index (χ4n) is 0.385. The molecule has 0 saturated carbocycles. The van der Waals surface area contributed by atoms with Crippen molar-refractivity contribution < 1.29 is 17.6 Å². The van der Waals surface area contributed by atoms with Gasteiger partial charge in [0.2, 0.25) is 4.33 Å². The van der Waals surface area contributed by atoms with E-state index in [2.05, 4.69) is 0 Å². The molecule has 68 valence electrons. The van der Waals surface area contributed by atoms with Crippen molar-refractivity contribution in [3.63, 3.8) is 0 Å². The minimum absolute atomic E-state index is 0.240. The Kier molecular flexibility index (Phi) is 2.73. The Bertz CT molecular complexity index is 128. The number of hydrogen-bond donors (Lipinski definition) is 0. The van der Waals surface area contributed by atoms with Gasteiger partial charge in [-0.1, -0.05) is 23.2 Å². The van der Waals surface area contributed by atoms with Crippen molar-refractivity contribution in [2.24, 2.45) is 0 Å². The molecule has 0 radical (unpaired) electrons. The Morgan fingerprint density at radius 1 is 0.818 bits per heavy atom. The molecule has 0 rings (SSSR count). The molecule has 0 N–H and O–H groups in total. The third kappa shape index (κ3) is 2.12. The third-order valence-corrected chi connectivity index (χ3v) is 2.43. The van der Waals surface area contributed by atoms with Crippen LogP contribution in [0.3, 0.4) is 0 Å². The first-order chi connectivity index (χ1) is 4.50. The zero-order valence-electron chi connectivity index (χ0n) is 5.77. The van der Waals surface area contributed by atoms with E-state index in [1.54, 1.807) is 0 Å². The minimum atomic E-state index is -3.84. The van der Waals surface area contributed by atoms with Crippen LogP contribution < -0.4 is 0 Å². The average molecular weight is 213 g/mol. The summed E-state index contributed by atoms with van der Waals surface area (Å²) >= 11 is 9.51. The van der Waals surface area contributed by atoms with E-state index in [1.807, 2.05) is 0 Å². The van der Waals surface area contributed by atoms with Gasteiger partial charge in [-0.15, -0.1) is 0 Å². The normalized spacial score (nSPS) is 15.3. The summed E-state index contributed by atoms with van der Waals surface area (Å²) in [6.45, 7) is 0.481. The molecule has 0 aliphatic rings. The topological polar surface area (TPSA) is 0 Å². The molecule has 0 aromatic rings. The van der Waals surface area contributed by atoms with Gasteiger partial charge in [-0.05, 0) is 0 Å². The summed E-state index contributed by atoms with van der Waals surface area (Å²) in [5, 5.41) is 0. The smallest absolute Gasteiger partial charge is 0.203 e. The summed E-state index contributed by atoms with van der Waals surface area (Å²) in [6, 6.07) is 0. The van der Waals surface area contributed by atoms with Gasteiger partial charge >= 0.3 is 0 Å². The standard InChI is InChI=1S/C5H6Cl2F4/c1-3(8,9)5(6,7)4(2,10)11/h1-2H3. The summed E-state index contributed by atoms with van der Waals surface area (Å²) in [4.78, 5) is 0. The summed E-state index contributed by atoms with van der Waals surface area (Å²) in [7, 11) is 0. The van der Waals surface area contributed by atoms with Crippen molar-refractivity contribution in [1.29, 1.82) is 0 Å². The van der Waals surface area contributed by atoms with Crippen molar-refractivity contribution >= 4 is 23.2 Å². The Morgan fingerprint density at radius 3 is 1.00 bits per heavy atom. The molecule has 0 spiro atoms. The van der Waals surface area contributed by atoms with Gasteiger partial charge in [0.15, 0.2) is 0 Å². The van der Waals surface area contributed by atoms with E-state index < -0.39 is 16.2 Å². The molecule has 0 unspecified atom stereocenters. The number of rotatable bonds is 2. The zero-order chi connectivity index (χ0) is 9.50. The van der Waals surface area contributed by atoms with Crippen LogP contribution in [-0.2, 0) is 0 Å². The highest BCUT2D eigenvalue weighted by atomic mass is 35.5. The van der Waals surface area contributed by atoms with Gasteiger partial charge in [0.25, 0.3) is 11.8 Å². The lowest BCUT2D eigenvalue weighted by molar-refractivity contribution is -0.101. The zero-order valence-corrected chi connectivity index (χ0v) is 7.28. The molecular formula is C5H6Cl2F4. The molecule has 0 bridgehead atoms. The molecule has 0 nitrogen and oxygen atoms in total. The summed E-state index contributed by atoms with van der Waals surface area (Å²) in [5.74, 6) is -7.68. The fourth-order valence-corrected chi connectivity index (χ4v) is 0.385. The Labute approximate surface area is 71.5 Å². The van der Waals surface area contributed by atoms with Gasteiger partial charge in [0.1, 0.15) is 0 Å². The van der Waals surface area contributed by atoms with Crippen LogP contribution in [0.2, 0.25) is 0 Å². The van der Waals surface area contributed by atoms with Crippen molar-refractivity contribution in [3.8, 4) is 0 Å². The van der Waals surface area contributed by atoms with Crippen LogP contribution in [0, 0.1) is 0 Å². The van der Waals surface area contributed by atoms with Crippen LogP contribution in [0.15, 0.2) is 0 Å². The predicted octanol–water partition coefficient (Wildman–Crippen LogP) is 3.47. The van der Waals surface area contributed by atoms with E-state index in [9.17, 15) is 17.6 Å². The van der Waals surface area contributed by atoms with Crippen LogP contribution in [0.25, 0.3) is 0 Å². The lowest BCUT2D eigenvalue weighted by Crippen LogP contribution is -2.48. The van der Waals surface area contributed by atoms with Gasteiger partial charge in [0.05, 0.1) is 0 Å². The second-order valence-corrected chi connectivity index (χ2v) is 3.68. The van der Waals surface area contributed by atoms with Crippen molar-refractivity contribution in [3.05, 3.63) is 0 Å². The molecule has 0 fully saturated rings. The van der Waals surface area contributed by atoms with Crippen molar-refractivity contribution in [2.75, 3.05) is 0 Å². The lowest BCUT2D eigenvalue weighted by atomic mass is 10.1. The molecular weight excluding hydrogens is 207 g/mol. The molecule has 0 amide bonds. The second kappa shape index (κ2) is 2.66. The summed E-state index contributed by atoms with van der Waals surface area (Å²) in [6.07, 6.45) is 0. The van der Waals surface area contributed by atoms with Gasteiger partial charge in [-0.2, -0.15) is 0 Å². The van der Waals surface area contributed by atoms with Crippen LogP contribution in [-0.4, -0.2) is 16.2 Å². The summed E-state index contributed by atoms with van der Waals surface area (Å²) < 4.78 is 45.7. The highest BCUT2D eigenvalue weighted by Crippen LogP contribution is 2.48. The van der Waals surface area contributed by atoms with Crippen molar-refractivity contribution in [1.82, 2.24) is 0 Å². The quantitative estimate of drug-likeness (QED) is 0.486. The van der Waals surface area contributed by atoms with E-state index in [0.717, 1.165) is 0 Å². The molecule has 0 saturated heterocycles.